The smallest absolute Gasteiger partial charge is 0.324 e. The van der Waals surface area contributed by atoms with E-state index in [2.05, 4.69) is 15.3 Å². The summed E-state index contributed by atoms with van der Waals surface area (Å²) >= 11 is 5.71. The van der Waals surface area contributed by atoms with E-state index in [9.17, 15) is 9.59 Å². The number of nitrogens with zero attached hydrogens (tertiary/aromatic N) is 4. The van der Waals surface area contributed by atoms with Crippen molar-refractivity contribution in [1.29, 1.82) is 0 Å². The topological polar surface area (TPSA) is 127 Å². The number of carbonyl (C=O) groups excluding carboxylic acids is 2. The molecule has 2 aromatic heterocycles. The molecule has 1 aliphatic heterocycles. The molecule has 0 bridgehead atoms. The summed E-state index contributed by atoms with van der Waals surface area (Å²) in [6.45, 7) is 0.626. The highest BCUT2D eigenvalue weighted by Crippen LogP contribution is 2.21. The minimum atomic E-state index is -0.474. The van der Waals surface area contributed by atoms with Crippen molar-refractivity contribution < 1.29 is 18.7 Å². The first-order valence-electron chi connectivity index (χ1n) is 9.57. The fraction of sp³-hybridized carbons (Fsp3) is 0.300. The zero-order chi connectivity index (χ0) is 22.0. The number of halogens is 1. The average molecular weight is 445 g/mol. The molecule has 3 N–H and O–H groups in total. The molecule has 162 valence electrons. The van der Waals surface area contributed by atoms with Crippen LogP contribution in [0.15, 0.2) is 41.1 Å². The van der Waals surface area contributed by atoms with Crippen LogP contribution in [0.25, 0.3) is 10.9 Å². The van der Waals surface area contributed by atoms with Crippen LogP contribution in [0.5, 0.6) is 0 Å². The number of nitrogens with two attached hydrogens (primary N) is 1. The Labute approximate surface area is 182 Å². The van der Waals surface area contributed by atoms with Gasteiger partial charge in [-0.05, 0) is 35.4 Å². The molecule has 1 aliphatic rings. The van der Waals surface area contributed by atoms with Crippen molar-refractivity contribution in [2.24, 2.45) is 0 Å². The Morgan fingerprint density at radius 2 is 2.16 bits per heavy atom. The Bertz CT molecular complexity index is 1120. The predicted octanol–water partition coefficient (Wildman–Crippen LogP) is 2.35. The highest BCUT2D eigenvalue weighted by atomic mass is 35.5. The van der Waals surface area contributed by atoms with E-state index in [0.29, 0.717) is 25.3 Å². The van der Waals surface area contributed by atoms with Crippen molar-refractivity contribution in [1.82, 2.24) is 19.8 Å². The molecule has 10 nitrogen and oxygen atoms in total. The monoisotopic (exact) mass is 444 g/mol. The number of nitrogens with one attached hydrogen (secondary N) is 1. The molecular formula is C20H21ClN6O4. The Hall–Kier alpha value is -3.37. The Balaban J connectivity index is 1.40. The third kappa shape index (κ3) is 4.54. The standard InChI is InChI=1S/C20H21ClN6O4/c1-30-18(9-12-2-3-13-14(8-12)23-11-24-19(13)22)27-7-6-26(10-17(27)28)20(29)25-16-5-4-15(21)31-16/h2-5,8,11,18H,6-7,9-10H2,1H3,(H,25,29)(H2,22,23,24). The molecule has 1 fully saturated rings. The molecule has 4 rings (SSSR count). The Morgan fingerprint density at radius 3 is 2.87 bits per heavy atom. The fourth-order valence-electron chi connectivity index (χ4n) is 3.50. The van der Waals surface area contributed by atoms with Crippen LogP contribution in [0.3, 0.4) is 0 Å². The van der Waals surface area contributed by atoms with Crippen LogP contribution in [0, 0.1) is 0 Å². The lowest BCUT2D eigenvalue weighted by atomic mass is 10.1. The zero-order valence-electron chi connectivity index (χ0n) is 16.7. The van der Waals surface area contributed by atoms with Crippen molar-refractivity contribution in [2.45, 2.75) is 12.6 Å². The van der Waals surface area contributed by atoms with E-state index < -0.39 is 12.3 Å². The summed E-state index contributed by atoms with van der Waals surface area (Å²) < 4.78 is 10.7. The quantitative estimate of drug-likeness (QED) is 0.618. The molecule has 3 aromatic rings. The van der Waals surface area contributed by atoms with Crippen molar-refractivity contribution in [3.63, 3.8) is 0 Å². The lowest BCUT2D eigenvalue weighted by molar-refractivity contribution is -0.148. The van der Waals surface area contributed by atoms with E-state index in [-0.39, 0.29) is 23.6 Å². The maximum Gasteiger partial charge on any atom is 0.324 e. The number of nitrogen functional groups attached to an aromatic ring is 1. The fourth-order valence-corrected chi connectivity index (χ4v) is 3.65. The second kappa shape index (κ2) is 8.78. The maximum atomic E-state index is 12.8. The van der Waals surface area contributed by atoms with E-state index in [1.807, 2.05) is 18.2 Å². The van der Waals surface area contributed by atoms with E-state index in [0.717, 1.165) is 16.5 Å². The number of ether oxygens (including phenoxy) is 1. The molecule has 3 heterocycles. The first-order valence-corrected chi connectivity index (χ1v) is 9.95. The Kier molecular flexibility index (Phi) is 5.92. The minimum absolute atomic E-state index is 0.0678. The predicted molar refractivity (Wildman–Crippen MR) is 114 cm³/mol. The number of fused-ring (bicyclic) bond motifs is 1. The molecule has 1 saturated heterocycles. The molecule has 31 heavy (non-hydrogen) atoms. The van der Waals surface area contributed by atoms with Gasteiger partial charge >= 0.3 is 6.03 Å². The third-order valence-electron chi connectivity index (χ3n) is 5.11. The third-order valence-corrected chi connectivity index (χ3v) is 5.31. The second-order valence-corrected chi connectivity index (χ2v) is 7.42. The molecule has 1 unspecified atom stereocenters. The minimum Gasteiger partial charge on any atom is -0.429 e. The largest absolute Gasteiger partial charge is 0.429 e. The van der Waals surface area contributed by atoms with Gasteiger partial charge in [0.1, 0.15) is 24.9 Å². The van der Waals surface area contributed by atoms with Gasteiger partial charge in [-0.25, -0.2) is 14.8 Å². The summed E-state index contributed by atoms with van der Waals surface area (Å²) in [6, 6.07) is 8.31. The van der Waals surface area contributed by atoms with Gasteiger partial charge in [-0.2, -0.15) is 0 Å². The number of hydrogen-bond donors (Lipinski definition) is 2. The van der Waals surface area contributed by atoms with Crippen LogP contribution >= 0.6 is 11.6 Å². The number of piperazine rings is 1. The SMILES string of the molecule is COC(Cc1ccc2c(N)ncnc2c1)N1CCN(C(=O)Nc2ccc(Cl)o2)CC1=O. The van der Waals surface area contributed by atoms with Crippen LogP contribution in [0.2, 0.25) is 5.22 Å². The highest BCUT2D eigenvalue weighted by Gasteiger charge is 2.32. The van der Waals surface area contributed by atoms with Crippen molar-refractivity contribution in [3.05, 3.63) is 47.4 Å². The molecular weight excluding hydrogens is 424 g/mol. The molecule has 0 saturated carbocycles. The molecule has 1 atom stereocenters. The van der Waals surface area contributed by atoms with Gasteiger partial charge in [0.2, 0.25) is 11.8 Å². The summed E-state index contributed by atoms with van der Waals surface area (Å²) in [5, 5.41) is 3.52. The average Bonchev–Trinajstić information content (AvgIpc) is 3.16. The number of furan rings is 1. The van der Waals surface area contributed by atoms with E-state index in [1.165, 1.54) is 17.3 Å². The van der Waals surface area contributed by atoms with Gasteiger partial charge < -0.3 is 24.7 Å². The van der Waals surface area contributed by atoms with Gasteiger partial charge in [-0.15, -0.1) is 0 Å². The van der Waals surface area contributed by atoms with Crippen LogP contribution in [0.4, 0.5) is 16.5 Å². The highest BCUT2D eigenvalue weighted by molar-refractivity contribution is 6.29. The van der Waals surface area contributed by atoms with Crippen LogP contribution in [-0.4, -0.2) is 64.7 Å². The normalized spacial score (nSPS) is 15.4. The van der Waals surface area contributed by atoms with Crippen molar-refractivity contribution in [3.8, 4) is 0 Å². The van der Waals surface area contributed by atoms with Gasteiger partial charge in [0.05, 0.1) is 5.52 Å². The van der Waals surface area contributed by atoms with E-state index in [1.54, 1.807) is 18.1 Å². The number of anilines is 2. The molecule has 0 radical (unpaired) electrons. The lowest BCUT2D eigenvalue weighted by Gasteiger charge is -2.38. The number of rotatable bonds is 5. The number of carbonyl (C=O) groups is 2. The van der Waals surface area contributed by atoms with Gasteiger partial charge in [-0.3, -0.25) is 10.1 Å². The molecule has 0 spiro atoms. The molecule has 0 aliphatic carbocycles. The first kappa shape index (κ1) is 20.9. The summed E-state index contributed by atoms with van der Waals surface area (Å²) in [7, 11) is 1.55. The van der Waals surface area contributed by atoms with Crippen molar-refractivity contribution in [2.75, 3.05) is 37.8 Å². The van der Waals surface area contributed by atoms with Crippen molar-refractivity contribution >= 4 is 46.1 Å². The first-order chi connectivity index (χ1) is 14.9. The number of hydrogen-bond acceptors (Lipinski definition) is 7. The molecule has 11 heteroatoms. The lowest BCUT2D eigenvalue weighted by Crippen LogP contribution is -2.57. The summed E-state index contributed by atoms with van der Waals surface area (Å²) in [5.41, 5.74) is 7.55. The number of amides is 3. The number of aromatic nitrogens is 2. The summed E-state index contributed by atoms with van der Waals surface area (Å²) in [5.74, 6) is 0.430. The summed E-state index contributed by atoms with van der Waals surface area (Å²) in [6.07, 6.45) is 1.41. The van der Waals surface area contributed by atoms with Crippen LogP contribution < -0.4 is 11.1 Å². The maximum absolute atomic E-state index is 12.8. The van der Waals surface area contributed by atoms with Gasteiger partial charge in [0.15, 0.2) is 5.22 Å². The number of benzene rings is 1. The molecule has 1 aromatic carbocycles. The Morgan fingerprint density at radius 1 is 1.32 bits per heavy atom. The zero-order valence-corrected chi connectivity index (χ0v) is 17.5. The number of urea groups is 1. The van der Waals surface area contributed by atoms with Crippen LogP contribution in [0.1, 0.15) is 5.56 Å². The van der Waals surface area contributed by atoms with Gasteiger partial charge in [-0.1, -0.05) is 6.07 Å². The van der Waals surface area contributed by atoms with E-state index in [4.69, 9.17) is 26.5 Å². The molecule has 3 amide bonds. The second-order valence-electron chi connectivity index (χ2n) is 7.05. The summed E-state index contributed by atoms with van der Waals surface area (Å²) in [4.78, 5) is 36.4. The van der Waals surface area contributed by atoms with Gasteiger partial charge in [0, 0.05) is 38.1 Å². The van der Waals surface area contributed by atoms with E-state index >= 15 is 0 Å². The van der Waals surface area contributed by atoms with Crippen LogP contribution in [-0.2, 0) is 16.0 Å². The number of methoxy groups -OCH3 is 1. The van der Waals surface area contributed by atoms with Gasteiger partial charge in [0.25, 0.3) is 0 Å².